The van der Waals surface area contributed by atoms with Crippen LogP contribution in [0.2, 0.25) is 0 Å². The number of amides is 1. The van der Waals surface area contributed by atoms with Gasteiger partial charge in [-0.05, 0) is 36.2 Å². The molecule has 5 nitrogen and oxygen atoms in total. The number of fused-ring (bicyclic) bond motifs is 1. The van der Waals surface area contributed by atoms with Crippen LogP contribution in [0.1, 0.15) is 33.5 Å². The number of hydrogen-bond acceptors (Lipinski definition) is 4. The highest BCUT2D eigenvalue weighted by molar-refractivity contribution is 5.99. The first-order valence-corrected chi connectivity index (χ1v) is 8.50. The smallest absolute Gasteiger partial charge is 0.371 e. The molecule has 4 rings (SSSR count). The zero-order chi connectivity index (χ0) is 17.6. The Labute approximate surface area is 143 Å². The van der Waals surface area contributed by atoms with Gasteiger partial charge in [-0.3, -0.25) is 9.69 Å². The number of benzene rings is 1. The second kappa shape index (κ2) is 6.26. The molecular weight excluding hydrogens is 335 g/mol. The lowest BCUT2D eigenvalue weighted by Gasteiger charge is -2.40. The highest BCUT2D eigenvalue weighted by atomic mass is 19.4. The van der Waals surface area contributed by atoms with Crippen molar-refractivity contribution in [2.75, 3.05) is 26.2 Å². The number of nitrogens with one attached hydrogen (secondary N) is 2. The molecule has 2 fully saturated rings. The molecule has 3 heterocycles. The van der Waals surface area contributed by atoms with E-state index in [0.29, 0.717) is 25.2 Å². The number of rotatable bonds is 4. The van der Waals surface area contributed by atoms with Gasteiger partial charge < -0.3 is 15.4 Å². The Hall–Kier alpha value is -1.64. The average molecular weight is 355 g/mol. The molecule has 0 unspecified atom stereocenters. The topological polar surface area (TPSA) is 53.6 Å². The fourth-order valence-electron chi connectivity index (χ4n) is 3.75. The minimum absolute atomic E-state index is 0.0554. The first-order valence-electron chi connectivity index (χ1n) is 8.50. The Bertz CT molecular complexity index is 680. The van der Waals surface area contributed by atoms with E-state index >= 15 is 0 Å². The zero-order valence-corrected chi connectivity index (χ0v) is 13.7. The molecule has 1 aromatic carbocycles. The summed E-state index contributed by atoms with van der Waals surface area (Å²) in [6, 6.07) is 2.76. The van der Waals surface area contributed by atoms with Crippen molar-refractivity contribution in [1.82, 2.24) is 15.5 Å². The molecule has 25 heavy (non-hydrogen) atoms. The maximum absolute atomic E-state index is 13.3. The molecule has 1 amide bonds. The summed E-state index contributed by atoms with van der Waals surface area (Å²) >= 11 is 0. The van der Waals surface area contributed by atoms with Crippen LogP contribution >= 0.6 is 0 Å². The quantitative estimate of drug-likeness (QED) is 0.860. The van der Waals surface area contributed by atoms with E-state index in [9.17, 15) is 18.0 Å². The van der Waals surface area contributed by atoms with Crippen LogP contribution in [0.4, 0.5) is 13.2 Å². The molecule has 2 saturated heterocycles. The molecule has 3 aliphatic heterocycles. The molecule has 0 bridgehead atoms. The summed E-state index contributed by atoms with van der Waals surface area (Å²) in [7, 11) is 0. The third kappa shape index (κ3) is 3.38. The molecule has 0 spiro atoms. The largest absolute Gasteiger partial charge is 0.416 e. The summed E-state index contributed by atoms with van der Waals surface area (Å²) in [5.41, 5.74) is 0.0165. The molecule has 8 heteroatoms. The van der Waals surface area contributed by atoms with Crippen LogP contribution in [-0.4, -0.2) is 49.2 Å². The zero-order valence-electron chi connectivity index (χ0n) is 13.7. The molecule has 2 N–H and O–H groups in total. The molecule has 0 aliphatic carbocycles. The number of likely N-dealkylation sites (tertiary alicyclic amines) is 1. The van der Waals surface area contributed by atoms with E-state index < -0.39 is 17.6 Å². The predicted molar refractivity (Wildman–Crippen MR) is 84.0 cm³/mol. The average Bonchev–Trinajstić information content (AvgIpc) is 3.14. The fourth-order valence-corrected chi connectivity index (χ4v) is 3.75. The summed E-state index contributed by atoms with van der Waals surface area (Å²) < 4.78 is 45.8. The second-order valence-electron chi connectivity index (χ2n) is 6.92. The lowest BCUT2D eigenvalue weighted by molar-refractivity contribution is -0.138. The van der Waals surface area contributed by atoms with Gasteiger partial charge in [-0.2, -0.15) is 13.2 Å². The van der Waals surface area contributed by atoms with Crippen LogP contribution in [0.5, 0.6) is 0 Å². The standard InChI is InChI=1S/C17H20F3N3O2/c18-17(19,20)15-4-10(3-13-14(15)6-22-16(13)24)7-23-8-12(9-23)25-11-1-2-21-5-11/h3-4,11-12,21H,1-2,5-9H2,(H,22,24)/t11-/m1/s1. The van der Waals surface area contributed by atoms with Crippen molar-refractivity contribution in [2.45, 2.75) is 37.9 Å². The molecule has 3 aliphatic rings. The minimum Gasteiger partial charge on any atom is -0.371 e. The fraction of sp³-hybridized carbons (Fsp3) is 0.588. The Morgan fingerprint density at radius 2 is 2.04 bits per heavy atom. The summed E-state index contributed by atoms with van der Waals surface area (Å²) in [4.78, 5) is 13.8. The van der Waals surface area contributed by atoms with Gasteiger partial charge in [-0.15, -0.1) is 0 Å². The van der Waals surface area contributed by atoms with Gasteiger partial charge in [-0.25, -0.2) is 0 Å². The Morgan fingerprint density at radius 1 is 1.24 bits per heavy atom. The van der Waals surface area contributed by atoms with Crippen molar-refractivity contribution in [3.05, 3.63) is 34.4 Å². The second-order valence-corrected chi connectivity index (χ2v) is 6.92. The van der Waals surface area contributed by atoms with E-state index in [4.69, 9.17) is 4.74 Å². The van der Waals surface area contributed by atoms with E-state index in [1.165, 1.54) is 6.07 Å². The molecular formula is C17H20F3N3O2. The SMILES string of the molecule is O=C1NCc2c1cc(CN1CC(O[C@@H]3CCNC3)C1)cc2C(F)(F)F. The van der Waals surface area contributed by atoms with Crippen molar-refractivity contribution < 1.29 is 22.7 Å². The number of nitrogens with zero attached hydrogens (tertiary/aromatic N) is 1. The van der Waals surface area contributed by atoms with E-state index in [0.717, 1.165) is 19.5 Å². The molecule has 0 saturated carbocycles. The molecule has 0 radical (unpaired) electrons. The number of halogens is 3. The van der Waals surface area contributed by atoms with E-state index in [-0.39, 0.29) is 29.9 Å². The minimum atomic E-state index is -4.46. The number of carbonyl (C=O) groups excluding carboxylic acids is 1. The van der Waals surface area contributed by atoms with Crippen LogP contribution < -0.4 is 10.6 Å². The third-order valence-electron chi connectivity index (χ3n) is 5.02. The Balaban J connectivity index is 1.43. The van der Waals surface area contributed by atoms with Crippen LogP contribution in [-0.2, 0) is 24.0 Å². The Kier molecular flexibility index (Phi) is 4.21. The van der Waals surface area contributed by atoms with Gasteiger partial charge in [-0.1, -0.05) is 0 Å². The van der Waals surface area contributed by atoms with Crippen LogP contribution in [0, 0.1) is 0 Å². The summed E-state index contributed by atoms with van der Waals surface area (Å²) in [6.45, 7) is 3.59. The third-order valence-corrected chi connectivity index (χ3v) is 5.02. The van der Waals surface area contributed by atoms with Gasteiger partial charge >= 0.3 is 6.18 Å². The first-order chi connectivity index (χ1) is 11.9. The molecule has 1 atom stereocenters. The van der Waals surface area contributed by atoms with E-state index in [2.05, 4.69) is 10.6 Å². The van der Waals surface area contributed by atoms with Gasteiger partial charge in [0.1, 0.15) is 0 Å². The number of ether oxygens (including phenoxy) is 1. The highest BCUT2D eigenvalue weighted by Gasteiger charge is 2.38. The monoisotopic (exact) mass is 355 g/mol. The van der Waals surface area contributed by atoms with Gasteiger partial charge in [0.25, 0.3) is 5.91 Å². The van der Waals surface area contributed by atoms with Gasteiger partial charge in [0.05, 0.1) is 17.8 Å². The van der Waals surface area contributed by atoms with E-state index in [1.54, 1.807) is 6.07 Å². The highest BCUT2D eigenvalue weighted by Crippen LogP contribution is 2.36. The van der Waals surface area contributed by atoms with Crippen molar-refractivity contribution in [1.29, 1.82) is 0 Å². The summed E-state index contributed by atoms with van der Waals surface area (Å²) in [5.74, 6) is -0.430. The maximum atomic E-state index is 13.3. The number of hydrogen-bond donors (Lipinski definition) is 2. The van der Waals surface area contributed by atoms with Crippen molar-refractivity contribution in [3.63, 3.8) is 0 Å². The normalized spacial score (nSPS) is 24.3. The molecule has 0 aromatic heterocycles. The number of carbonyl (C=O) groups is 1. The van der Waals surface area contributed by atoms with Gasteiger partial charge in [0.15, 0.2) is 0 Å². The first kappa shape index (κ1) is 16.8. The van der Waals surface area contributed by atoms with Crippen LogP contribution in [0.3, 0.4) is 0 Å². The van der Waals surface area contributed by atoms with Crippen molar-refractivity contribution in [3.8, 4) is 0 Å². The van der Waals surface area contributed by atoms with Crippen molar-refractivity contribution >= 4 is 5.91 Å². The lowest BCUT2D eigenvalue weighted by atomic mass is 9.98. The number of alkyl halides is 3. The van der Waals surface area contributed by atoms with Gasteiger partial charge in [0, 0.05) is 38.3 Å². The lowest BCUT2D eigenvalue weighted by Crippen LogP contribution is -2.52. The predicted octanol–water partition coefficient (Wildman–Crippen LogP) is 1.51. The molecule has 1 aromatic rings. The van der Waals surface area contributed by atoms with Crippen molar-refractivity contribution in [2.24, 2.45) is 0 Å². The summed E-state index contributed by atoms with van der Waals surface area (Å²) in [6.07, 6.45) is -3.06. The van der Waals surface area contributed by atoms with E-state index in [1.807, 2.05) is 4.90 Å². The van der Waals surface area contributed by atoms with Crippen LogP contribution in [0.15, 0.2) is 12.1 Å². The van der Waals surface area contributed by atoms with Gasteiger partial charge in [0.2, 0.25) is 0 Å². The Morgan fingerprint density at radius 3 is 2.72 bits per heavy atom. The molecule has 136 valence electrons. The van der Waals surface area contributed by atoms with Crippen LogP contribution in [0.25, 0.3) is 0 Å². The summed E-state index contributed by atoms with van der Waals surface area (Å²) in [5, 5.41) is 5.72. The maximum Gasteiger partial charge on any atom is 0.416 e.